The van der Waals surface area contributed by atoms with Gasteiger partial charge < -0.3 is 5.32 Å². The van der Waals surface area contributed by atoms with E-state index in [4.69, 9.17) is 0 Å². The molecule has 1 aromatic carbocycles. The zero-order chi connectivity index (χ0) is 13.6. The Labute approximate surface area is 120 Å². The Morgan fingerprint density at radius 1 is 1.16 bits per heavy atom. The van der Waals surface area contributed by atoms with Crippen LogP contribution in [0.2, 0.25) is 0 Å². The first-order chi connectivity index (χ1) is 8.94. The van der Waals surface area contributed by atoms with Gasteiger partial charge in [-0.1, -0.05) is 0 Å². The summed E-state index contributed by atoms with van der Waals surface area (Å²) in [5.74, 6) is 0. The van der Waals surface area contributed by atoms with Crippen LogP contribution in [0.15, 0.2) is 12.1 Å². The fourth-order valence-corrected chi connectivity index (χ4v) is 4.05. The molecule has 1 nitrogen and oxygen atoms in total. The Bertz CT molecular complexity index is 616. The van der Waals surface area contributed by atoms with E-state index in [1.54, 1.807) is 11.1 Å². The molecule has 0 radical (unpaired) electrons. The highest BCUT2D eigenvalue weighted by Gasteiger charge is 2.16. The van der Waals surface area contributed by atoms with E-state index in [9.17, 15) is 0 Å². The number of hydrogen-bond donors (Lipinski definition) is 1. The van der Waals surface area contributed by atoms with E-state index in [2.05, 4.69) is 45.1 Å². The Kier molecular flexibility index (Phi) is 3.18. The molecule has 0 saturated heterocycles. The third kappa shape index (κ3) is 2.56. The van der Waals surface area contributed by atoms with E-state index in [1.807, 2.05) is 11.3 Å². The van der Waals surface area contributed by atoms with Gasteiger partial charge in [-0.25, -0.2) is 0 Å². The van der Waals surface area contributed by atoms with Gasteiger partial charge in [-0.05, 0) is 81.2 Å². The first-order valence-corrected chi connectivity index (χ1v) is 8.04. The van der Waals surface area contributed by atoms with Crippen LogP contribution in [0.4, 0.5) is 0 Å². The van der Waals surface area contributed by atoms with Crippen LogP contribution in [-0.4, -0.2) is 5.54 Å². The molecule has 0 bridgehead atoms. The average Bonchev–Trinajstić information content (AvgIpc) is 2.88. The van der Waals surface area contributed by atoms with Crippen molar-refractivity contribution in [2.75, 3.05) is 0 Å². The van der Waals surface area contributed by atoms with E-state index < -0.39 is 0 Å². The molecular weight excluding hydrogens is 250 g/mol. The molecule has 0 atom stereocenters. The third-order valence-electron chi connectivity index (χ3n) is 4.03. The summed E-state index contributed by atoms with van der Waals surface area (Å²) in [6, 6.07) is 4.89. The Hall–Kier alpha value is -0.860. The maximum absolute atomic E-state index is 3.61. The lowest BCUT2D eigenvalue weighted by Crippen LogP contribution is -2.34. The highest BCUT2D eigenvalue weighted by Crippen LogP contribution is 2.35. The molecule has 1 N–H and O–H groups in total. The Morgan fingerprint density at radius 3 is 2.53 bits per heavy atom. The summed E-state index contributed by atoms with van der Waals surface area (Å²) in [5.41, 5.74) is 4.84. The molecule has 0 spiro atoms. The molecule has 3 rings (SSSR count). The largest absolute Gasteiger partial charge is 0.307 e. The predicted octanol–water partition coefficient (Wildman–Crippen LogP) is 4.59. The van der Waals surface area contributed by atoms with Gasteiger partial charge in [-0.15, -0.1) is 11.3 Å². The topological polar surface area (TPSA) is 12.0 Å². The SMILES string of the molecule is Cc1c(CNC(C)(C)C)sc2cc3c(cc12)CCC3. The van der Waals surface area contributed by atoms with Gasteiger partial charge in [0, 0.05) is 21.7 Å². The molecule has 0 aliphatic heterocycles. The van der Waals surface area contributed by atoms with Crippen LogP contribution in [0.3, 0.4) is 0 Å². The molecular formula is C17H23NS. The summed E-state index contributed by atoms with van der Waals surface area (Å²) < 4.78 is 1.48. The number of hydrogen-bond acceptors (Lipinski definition) is 2. The van der Waals surface area contributed by atoms with Crippen LogP contribution in [0, 0.1) is 6.92 Å². The molecule has 102 valence electrons. The highest BCUT2D eigenvalue weighted by atomic mass is 32.1. The number of aryl methyl sites for hydroxylation is 3. The van der Waals surface area contributed by atoms with Crippen molar-refractivity contribution in [3.8, 4) is 0 Å². The fourth-order valence-electron chi connectivity index (χ4n) is 2.85. The van der Waals surface area contributed by atoms with Crippen LogP contribution in [0.5, 0.6) is 0 Å². The van der Waals surface area contributed by atoms with Crippen LogP contribution in [0.25, 0.3) is 10.1 Å². The van der Waals surface area contributed by atoms with E-state index in [-0.39, 0.29) is 5.54 Å². The van der Waals surface area contributed by atoms with E-state index in [0.29, 0.717) is 0 Å². The smallest absolute Gasteiger partial charge is 0.0351 e. The maximum atomic E-state index is 3.61. The molecule has 1 heterocycles. The molecule has 19 heavy (non-hydrogen) atoms. The van der Waals surface area contributed by atoms with Crippen molar-refractivity contribution < 1.29 is 0 Å². The lowest BCUT2D eigenvalue weighted by atomic mass is 10.0. The van der Waals surface area contributed by atoms with Gasteiger partial charge in [0.15, 0.2) is 0 Å². The second-order valence-electron chi connectivity index (χ2n) is 6.72. The number of nitrogens with one attached hydrogen (secondary N) is 1. The van der Waals surface area contributed by atoms with Gasteiger partial charge in [0.05, 0.1) is 0 Å². The normalized spacial score (nSPS) is 15.2. The number of fused-ring (bicyclic) bond motifs is 2. The van der Waals surface area contributed by atoms with Crippen LogP contribution in [-0.2, 0) is 19.4 Å². The van der Waals surface area contributed by atoms with Crippen LogP contribution in [0.1, 0.15) is 48.8 Å². The summed E-state index contributed by atoms with van der Waals surface area (Å²) in [6.07, 6.45) is 3.89. The summed E-state index contributed by atoms with van der Waals surface area (Å²) in [7, 11) is 0. The van der Waals surface area contributed by atoms with Crippen molar-refractivity contribution >= 4 is 21.4 Å². The summed E-state index contributed by atoms with van der Waals surface area (Å²) in [6.45, 7) is 9.94. The van der Waals surface area contributed by atoms with E-state index >= 15 is 0 Å². The molecule has 2 heteroatoms. The quantitative estimate of drug-likeness (QED) is 0.844. The maximum Gasteiger partial charge on any atom is 0.0351 e. The molecule has 0 unspecified atom stereocenters. The van der Waals surface area contributed by atoms with Crippen LogP contribution < -0.4 is 5.32 Å². The summed E-state index contributed by atoms with van der Waals surface area (Å²) >= 11 is 1.97. The second kappa shape index (κ2) is 4.60. The minimum atomic E-state index is 0.185. The highest BCUT2D eigenvalue weighted by molar-refractivity contribution is 7.19. The Morgan fingerprint density at radius 2 is 1.84 bits per heavy atom. The molecule has 0 saturated carbocycles. The van der Waals surface area contributed by atoms with Gasteiger partial charge in [-0.3, -0.25) is 0 Å². The molecule has 1 aliphatic carbocycles. The number of benzene rings is 1. The van der Waals surface area contributed by atoms with Gasteiger partial charge in [0.2, 0.25) is 0 Å². The lowest BCUT2D eigenvalue weighted by Gasteiger charge is -2.20. The van der Waals surface area contributed by atoms with Crippen LogP contribution >= 0.6 is 11.3 Å². The fraction of sp³-hybridized carbons (Fsp3) is 0.529. The third-order valence-corrected chi connectivity index (χ3v) is 5.28. The molecule has 1 aromatic heterocycles. The summed E-state index contributed by atoms with van der Waals surface area (Å²) in [4.78, 5) is 1.49. The van der Waals surface area contributed by atoms with Crippen molar-refractivity contribution in [1.29, 1.82) is 0 Å². The Balaban J connectivity index is 1.97. The monoisotopic (exact) mass is 273 g/mol. The van der Waals surface area contributed by atoms with Crippen molar-refractivity contribution in [3.05, 3.63) is 33.7 Å². The van der Waals surface area contributed by atoms with Gasteiger partial charge in [-0.2, -0.15) is 0 Å². The first-order valence-electron chi connectivity index (χ1n) is 7.23. The zero-order valence-corrected chi connectivity index (χ0v) is 13.2. The number of rotatable bonds is 2. The van der Waals surface area contributed by atoms with Crippen molar-refractivity contribution in [2.45, 2.75) is 59.0 Å². The van der Waals surface area contributed by atoms with E-state index in [0.717, 1.165) is 6.54 Å². The predicted molar refractivity (Wildman–Crippen MR) is 85.2 cm³/mol. The van der Waals surface area contributed by atoms with E-state index in [1.165, 1.54) is 39.8 Å². The minimum absolute atomic E-state index is 0.185. The molecule has 1 aliphatic rings. The van der Waals surface area contributed by atoms with Gasteiger partial charge in [0.25, 0.3) is 0 Å². The zero-order valence-electron chi connectivity index (χ0n) is 12.4. The second-order valence-corrected chi connectivity index (χ2v) is 7.86. The van der Waals surface area contributed by atoms with Gasteiger partial charge in [0.1, 0.15) is 0 Å². The summed E-state index contributed by atoms with van der Waals surface area (Å²) in [5, 5.41) is 5.09. The van der Waals surface area contributed by atoms with Crippen molar-refractivity contribution in [1.82, 2.24) is 5.32 Å². The first kappa shape index (κ1) is 13.1. The molecule has 2 aromatic rings. The molecule has 0 amide bonds. The van der Waals surface area contributed by atoms with Gasteiger partial charge >= 0.3 is 0 Å². The average molecular weight is 273 g/mol. The standard InChI is InChI=1S/C17H23NS/c1-11-14-8-12-6-5-7-13(12)9-15(14)19-16(11)10-18-17(2,3)4/h8-9,18H,5-7,10H2,1-4H3. The van der Waals surface area contributed by atoms with Crippen molar-refractivity contribution in [3.63, 3.8) is 0 Å². The van der Waals surface area contributed by atoms with Crippen molar-refractivity contribution in [2.24, 2.45) is 0 Å². The minimum Gasteiger partial charge on any atom is -0.307 e. The lowest BCUT2D eigenvalue weighted by molar-refractivity contribution is 0.426. The molecule has 0 fully saturated rings. The number of thiophene rings is 1.